The fourth-order valence-corrected chi connectivity index (χ4v) is 0. The van der Waals surface area contributed by atoms with Gasteiger partial charge in [0.15, 0.2) is 0 Å². The van der Waals surface area contributed by atoms with Gasteiger partial charge in [-0.05, 0) is 0 Å². The third-order valence-electron chi connectivity index (χ3n) is 0. The normalized spacial score (nSPS) is 6.44. The zero-order valence-electron chi connectivity index (χ0n) is 5.12. The standard InChI is InChI=1S/Cr.2Li.4H2O.2O/h;;;4*1H2;;/q+2;;;;;;;;/p-2. The van der Waals surface area contributed by atoms with E-state index in [1.807, 2.05) is 0 Å². The van der Waals surface area contributed by atoms with E-state index in [1.165, 1.54) is 0 Å². The molecule has 0 unspecified atom stereocenters. The minimum absolute atomic E-state index is 0. The molecule has 9 heteroatoms. The van der Waals surface area contributed by atoms with E-state index in [0.29, 0.717) is 0 Å². The predicted molar refractivity (Wildman–Crippen MR) is 24.5 cm³/mol. The van der Waals surface area contributed by atoms with Gasteiger partial charge in [0.1, 0.15) is 0 Å². The van der Waals surface area contributed by atoms with Crippen molar-refractivity contribution >= 4 is 37.7 Å². The van der Waals surface area contributed by atoms with E-state index in [1.54, 1.807) is 0 Å². The van der Waals surface area contributed by atoms with Crippen LogP contribution in [0.1, 0.15) is 0 Å². The van der Waals surface area contributed by atoms with Crippen LogP contribution in [0.2, 0.25) is 0 Å². The predicted octanol–water partition coefficient (Wildman–Crippen LogP) is -3.77. The van der Waals surface area contributed by atoms with Crippen molar-refractivity contribution in [3.05, 3.63) is 0 Å². The molecule has 6 nitrogen and oxygen atoms in total. The molecule has 0 heterocycles. The van der Waals surface area contributed by atoms with Gasteiger partial charge in [-0.2, -0.15) is 0 Å². The molecule has 0 saturated heterocycles. The number of rotatable bonds is 0. The second-order valence-corrected chi connectivity index (χ2v) is 1.85. The Hall–Kier alpha value is 1.17. The molecular weight excluding hydrogens is 162 g/mol. The van der Waals surface area contributed by atoms with E-state index in [-0.39, 0.29) is 48.7 Å². The summed E-state index contributed by atoms with van der Waals surface area (Å²) in [4.78, 5) is 0. The van der Waals surface area contributed by atoms with Crippen molar-refractivity contribution in [2.45, 2.75) is 0 Å². The van der Waals surface area contributed by atoms with Crippen molar-refractivity contribution in [2.24, 2.45) is 0 Å². The molecule has 2 radical (unpaired) electrons. The Morgan fingerprint density at radius 2 is 0.889 bits per heavy atom. The molecule has 0 rings (SSSR count). The zero-order chi connectivity index (χ0) is 4.50. The molecule has 0 fully saturated rings. The Kier molecular flexibility index (Phi) is 42.3. The van der Waals surface area contributed by atoms with Gasteiger partial charge in [0.2, 0.25) is 0 Å². The van der Waals surface area contributed by atoms with Gasteiger partial charge < -0.3 is 11.0 Å². The summed E-state index contributed by atoms with van der Waals surface area (Å²) in [5, 5.41) is 0. The quantitative estimate of drug-likeness (QED) is 0.358. The fraction of sp³-hybridized carbons (Fsp3) is 0. The molecule has 0 atom stereocenters. The maximum atomic E-state index is 8.82. The molecule has 50 valence electrons. The van der Waals surface area contributed by atoms with Gasteiger partial charge in [0.05, 0.1) is 0 Å². The summed E-state index contributed by atoms with van der Waals surface area (Å²) in [7, 11) is 0. The fourth-order valence-electron chi connectivity index (χ4n) is 0. The van der Waals surface area contributed by atoms with Crippen LogP contribution in [0, 0.1) is 0 Å². The van der Waals surface area contributed by atoms with Crippen molar-refractivity contribution in [3.8, 4) is 0 Å². The molecule has 0 aromatic carbocycles. The molecule has 0 saturated carbocycles. The Bertz CT molecular complexity index is 94.2. The molecule has 0 bridgehead atoms. The first-order chi connectivity index (χ1) is 2.00. The first-order valence-corrected chi connectivity index (χ1v) is 2.88. The van der Waals surface area contributed by atoms with Crippen LogP contribution < -0.4 is 0 Å². The third-order valence-corrected chi connectivity index (χ3v) is 0. The minimum atomic E-state index is -5.25. The summed E-state index contributed by atoms with van der Waals surface area (Å²) in [5.74, 6) is 0. The molecule has 0 aliphatic carbocycles. The van der Waals surface area contributed by atoms with Gasteiger partial charge in [-0.25, -0.2) is 0 Å². The first-order valence-electron chi connectivity index (χ1n) is 0.698. The summed E-state index contributed by atoms with van der Waals surface area (Å²) >= 11 is -5.25. The first kappa shape index (κ1) is 32.0. The van der Waals surface area contributed by atoms with Crippen molar-refractivity contribution in [1.82, 2.24) is 0 Å². The number of hydrogen-bond donors (Lipinski definition) is 2. The Morgan fingerprint density at radius 3 is 0.889 bits per heavy atom. The van der Waals surface area contributed by atoms with E-state index in [2.05, 4.69) is 0 Å². The van der Waals surface area contributed by atoms with Gasteiger partial charge in [-0.1, -0.05) is 0 Å². The Labute approximate surface area is 78.0 Å². The molecule has 0 aromatic heterocycles. The van der Waals surface area contributed by atoms with Gasteiger partial charge in [0, 0.05) is 37.7 Å². The van der Waals surface area contributed by atoms with E-state index in [9.17, 15) is 0 Å². The summed E-state index contributed by atoms with van der Waals surface area (Å²) < 4.78 is 31.9. The zero-order valence-corrected chi connectivity index (χ0v) is 6.39. The van der Waals surface area contributed by atoms with Crippen LogP contribution in [0.3, 0.4) is 0 Å². The van der Waals surface area contributed by atoms with Crippen LogP contribution >= 0.6 is 0 Å². The summed E-state index contributed by atoms with van der Waals surface area (Å²) in [6, 6.07) is 0. The number of hydrogen-bond acceptors (Lipinski definition) is 2. The maximum absolute atomic E-state index is 8.82. The topological polar surface area (TPSA) is 138 Å². The van der Waals surface area contributed by atoms with E-state index >= 15 is 0 Å². The second-order valence-electron chi connectivity index (χ2n) is 0.448. The van der Waals surface area contributed by atoms with Gasteiger partial charge >= 0.3 is 29.5 Å². The molecule has 0 aromatic rings. The van der Waals surface area contributed by atoms with Gasteiger partial charge in [0.25, 0.3) is 0 Å². The van der Waals surface area contributed by atoms with Crippen molar-refractivity contribution < 1.29 is 40.5 Å². The molecule has 6 N–H and O–H groups in total. The van der Waals surface area contributed by atoms with Crippen molar-refractivity contribution in [3.63, 3.8) is 0 Å². The molecule has 0 amide bonds. The van der Waals surface area contributed by atoms with E-state index < -0.39 is 13.6 Å². The van der Waals surface area contributed by atoms with Crippen LogP contribution in [-0.2, 0) is 21.2 Å². The van der Waals surface area contributed by atoms with Gasteiger partial charge in [-0.15, -0.1) is 0 Å². The van der Waals surface area contributed by atoms with Crippen LogP contribution in [0.5, 0.6) is 0 Å². The van der Waals surface area contributed by atoms with Crippen LogP contribution in [-0.4, -0.2) is 57.0 Å². The third kappa shape index (κ3) is 346. The second kappa shape index (κ2) is 11.9. The molecule has 9 heavy (non-hydrogen) atoms. The van der Waals surface area contributed by atoms with Crippen LogP contribution in [0.25, 0.3) is 0 Å². The summed E-state index contributed by atoms with van der Waals surface area (Å²) in [6.45, 7) is 0. The van der Waals surface area contributed by atoms with Crippen LogP contribution in [0.4, 0.5) is 0 Å². The molecule has 0 aliphatic heterocycles. The average Bonchev–Trinajstić information content (AvgIpc) is 0.722. The average molecular weight is 168 g/mol. The van der Waals surface area contributed by atoms with E-state index in [4.69, 9.17) is 15.9 Å². The summed E-state index contributed by atoms with van der Waals surface area (Å²) in [5.41, 5.74) is 0. The summed E-state index contributed by atoms with van der Waals surface area (Å²) in [6.07, 6.45) is 0. The monoisotopic (exact) mass is 168 g/mol. The van der Waals surface area contributed by atoms with E-state index in [0.717, 1.165) is 0 Å². The molecule has 0 aliphatic rings. The molecular formula is H6CrLi2O6. The molecule has 0 spiro atoms. The van der Waals surface area contributed by atoms with Gasteiger partial charge in [-0.3, -0.25) is 0 Å². The SMILES string of the molecule is O.O.[Li].[Li].[O]=[Cr](=[O])([OH])[OH]. The van der Waals surface area contributed by atoms with Crippen LogP contribution in [0.15, 0.2) is 0 Å². The van der Waals surface area contributed by atoms with Crippen molar-refractivity contribution in [2.75, 3.05) is 0 Å². The van der Waals surface area contributed by atoms with Crippen molar-refractivity contribution in [1.29, 1.82) is 0 Å². The Balaban J connectivity index is -0.0000000133. The Morgan fingerprint density at radius 1 is 0.889 bits per heavy atom.